The summed E-state index contributed by atoms with van der Waals surface area (Å²) in [6.07, 6.45) is 2.74. The highest BCUT2D eigenvalue weighted by molar-refractivity contribution is 7.89. The van der Waals surface area contributed by atoms with E-state index in [9.17, 15) is 18.0 Å². The van der Waals surface area contributed by atoms with Gasteiger partial charge in [-0.25, -0.2) is 8.42 Å². The van der Waals surface area contributed by atoms with Crippen molar-refractivity contribution in [3.63, 3.8) is 0 Å². The molecule has 1 aromatic heterocycles. The van der Waals surface area contributed by atoms with E-state index in [4.69, 9.17) is 4.42 Å². The van der Waals surface area contributed by atoms with Crippen LogP contribution in [-0.4, -0.2) is 31.2 Å². The molecule has 0 radical (unpaired) electrons. The van der Waals surface area contributed by atoms with Crippen molar-refractivity contribution in [1.29, 1.82) is 0 Å². The first-order chi connectivity index (χ1) is 15.2. The zero-order valence-electron chi connectivity index (χ0n) is 18.3. The number of hydrogen-bond acceptors (Lipinski definition) is 5. The van der Waals surface area contributed by atoms with Crippen molar-refractivity contribution in [1.82, 2.24) is 4.31 Å². The molecule has 0 bridgehead atoms. The number of nitrogens with one attached hydrogen (secondary N) is 1. The number of carbonyl (C=O) groups excluding carboxylic acids is 1. The van der Waals surface area contributed by atoms with E-state index in [1.165, 1.54) is 34.6 Å². The molecule has 1 aliphatic heterocycles. The SMILES string of the molecule is Cc1ccc2c(=O)cc(C(=O)Nc3ccc(S(=O)(=O)N4CCCC[C@H]4C)cc3)oc2c1C. The summed E-state index contributed by atoms with van der Waals surface area (Å²) in [6.45, 7) is 6.18. The molecule has 7 nitrogen and oxygen atoms in total. The van der Waals surface area contributed by atoms with Crippen LogP contribution in [0.25, 0.3) is 11.0 Å². The molecule has 1 fully saturated rings. The van der Waals surface area contributed by atoms with Crippen LogP contribution in [0.2, 0.25) is 0 Å². The van der Waals surface area contributed by atoms with Crippen LogP contribution >= 0.6 is 0 Å². The smallest absolute Gasteiger partial charge is 0.291 e. The molecule has 32 heavy (non-hydrogen) atoms. The molecule has 3 aromatic rings. The molecule has 0 saturated carbocycles. The van der Waals surface area contributed by atoms with Gasteiger partial charge in [-0.05, 0) is 75.1 Å². The van der Waals surface area contributed by atoms with Gasteiger partial charge in [0.25, 0.3) is 5.91 Å². The van der Waals surface area contributed by atoms with Crippen LogP contribution in [-0.2, 0) is 10.0 Å². The number of anilines is 1. The fourth-order valence-electron chi connectivity index (χ4n) is 4.03. The van der Waals surface area contributed by atoms with Crippen molar-refractivity contribution in [3.8, 4) is 0 Å². The molecule has 1 aliphatic rings. The third-order valence-electron chi connectivity index (χ3n) is 6.10. The first-order valence-corrected chi connectivity index (χ1v) is 12.1. The lowest BCUT2D eigenvalue weighted by atomic mass is 10.1. The summed E-state index contributed by atoms with van der Waals surface area (Å²) < 4.78 is 33.2. The predicted molar refractivity (Wildman–Crippen MR) is 124 cm³/mol. The van der Waals surface area contributed by atoms with Crippen molar-refractivity contribution >= 4 is 32.6 Å². The van der Waals surface area contributed by atoms with Crippen molar-refractivity contribution in [2.24, 2.45) is 0 Å². The summed E-state index contributed by atoms with van der Waals surface area (Å²) in [5.74, 6) is -0.680. The molecule has 0 spiro atoms. The lowest BCUT2D eigenvalue weighted by Gasteiger charge is -2.32. The monoisotopic (exact) mass is 454 g/mol. The number of amides is 1. The van der Waals surface area contributed by atoms with Gasteiger partial charge in [-0.15, -0.1) is 0 Å². The summed E-state index contributed by atoms with van der Waals surface area (Å²) in [6, 6.07) is 10.7. The summed E-state index contributed by atoms with van der Waals surface area (Å²) in [5, 5.41) is 3.09. The van der Waals surface area contributed by atoms with Gasteiger partial charge in [-0.2, -0.15) is 4.31 Å². The number of hydrogen-bond donors (Lipinski definition) is 1. The lowest BCUT2D eigenvalue weighted by molar-refractivity contribution is 0.0997. The molecule has 1 saturated heterocycles. The zero-order chi connectivity index (χ0) is 23.0. The van der Waals surface area contributed by atoms with E-state index in [0.717, 1.165) is 30.4 Å². The highest BCUT2D eigenvalue weighted by Gasteiger charge is 2.30. The topological polar surface area (TPSA) is 96.7 Å². The number of aryl methyl sites for hydroxylation is 2. The number of sulfonamides is 1. The zero-order valence-corrected chi connectivity index (χ0v) is 19.2. The van der Waals surface area contributed by atoms with Crippen molar-refractivity contribution in [2.45, 2.75) is 51.0 Å². The van der Waals surface area contributed by atoms with E-state index in [-0.39, 0.29) is 22.1 Å². The molecule has 1 amide bonds. The molecular weight excluding hydrogens is 428 g/mol. The van der Waals surface area contributed by atoms with Crippen molar-refractivity contribution in [3.05, 3.63) is 69.6 Å². The molecule has 8 heteroatoms. The minimum absolute atomic E-state index is 0.0315. The maximum atomic E-state index is 13.0. The third-order valence-corrected chi connectivity index (χ3v) is 8.13. The van der Waals surface area contributed by atoms with Gasteiger partial charge < -0.3 is 9.73 Å². The lowest BCUT2D eigenvalue weighted by Crippen LogP contribution is -2.41. The Bertz CT molecular complexity index is 1340. The second-order valence-electron chi connectivity index (χ2n) is 8.30. The third kappa shape index (κ3) is 4.08. The number of carbonyl (C=O) groups is 1. The molecule has 0 unspecified atom stereocenters. The van der Waals surface area contributed by atoms with Crippen LogP contribution in [0.15, 0.2) is 56.6 Å². The van der Waals surface area contributed by atoms with E-state index in [0.29, 0.717) is 23.2 Å². The fraction of sp³-hybridized carbons (Fsp3) is 0.333. The van der Waals surface area contributed by atoms with E-state index >= 15 is 0 Å². The van der Waals surface area contributed by atoms with Crippen LogP contribution in [0.5, 0.6) is 0 Å². The van der Waals surface area contributed by atoms with E-state index < -0.39 is 15.9 Å². The predicted octanol–water partition coefficient (Wildman–Crippen LogP) is 4.23. The van der Waals surface area contributed by atoms with Gasteiger partial charge in [0.05, 0.1) is 10.3 Å². The Kier molecular flexibility index (Phi) is 5.92. The van der Waals surface area contributed by atoms with Crippen molar-refractivity contribution < 1.29 is 17.6 Å². The maximum Gasteiger partial charge on any atom is 0.291 e. The molecule has 2 heterocycles. The quantitative estimate of drug-likeness (QED) is 0.636. The van der Waals surface area contributed by atoms with Gasteiger partial charge >= 0.3 is 0 Å². The second-order valence-corrected chi connectivity index (χ2v) is 10.2. The first kappa shape index (κ1) is 22.2. The minimum Gasteiger partial charge on any atom is -0.450 e. The van der Waals surface area contributed by atoms with Crippen LogP contribution in [0.4, 0.5) is 5.69 Å². The molecule has 1 N–H and O–H groups in total. The fourth-order valence-corrected chi connectivity index (χ4v) is 5.73. The Morgan fingerprint density at radius 3 is 2.50 bits per heavy atom. The van der Waals surface area contributed by atoms with Gasteiger partial charge in [0.1, 0.15) is 5.58 Å². The normalized spacial score (nSPS) is 17.4. The number of nitrogens with zero attached hydrogens (tertiary/aromatic N) is 1. The number of piperidine rings is 1. The molecule has 0 aliphatic carbocycles. The van der Waals surface area contributed by atoms with Gasteiger partial charge in [0.2, 0.25) is 10.0 Å². The second kappa shape index (κ2) is 8.52. The van der Waals surface area contributed by atoms with Gasteiger partial charge in [-0.3, -0.25) is 9.59 Å². The Balaban J connectivity index is 1.57. The van der Waals surface area contributed by atoms with Gasteiger partial charge in [-0.1, -0.05) is 12.5 Å². The van der Waals surface area contributed by atoms with Gasteiger partial charge in [0.15, 0.2) is 11.2 Å². The van der Waals surface area contributed by atoms with Gasteiger partial charge in [0, 0.05) is 24.3 Å². The Morgan fingerprint density at radius 2 is 1.81 bits per heavy atom. The van der Waals surface area contributed by atoms with E-state index in [1.807, 2.05) is 26.8 Å². The average Bonchev–Trinajstić information content (AvgIpc) is 2.77. The molecule has 4 rings (SSSR count). The standard InChI is InChI=1S/C24H26N2O5S/c1-15-7-12-20-21(27)14-22(31-23(20)17(15)3)24(28)25-18-8-10-19(11-9-18)32(29,30)26-13-5-4-6-16(26)2/h7-12,14,16H,4-6,13H2,1-3H3,(H,25,28)/t16-/m1/s1. The van der Waals surface area contributed by atoms with E-state index in [2.05, 4.69) is 5.32 Å². The molecule has 168 valence electrons. The van der Waals surface area contributed by atoms with Crippen LogP contribution in [0.3, 0.4) is 0 Å². The number of benzene rings is 2. The van der Waals surface area contributed by atoms with E-state index in [1.54, 1.807) is 6.07 Å². The van der Waals surface area contributed by atoms with Crippen LogP contribution < -0.4 is 10.7 Å². The molecular formula is C24H26N2O5S. The molecule has 1 atom stereocenters. The highest BCUT2D eigenvalue weighted by Crippen LogP contribution is 2.26. The summed E-state index contributed by atoms with van der Waals surface area (Å²) in [4.78, 5) is 25.3. The molecule has 2 aromatic carbocycles. The number of rotatable bonds is 4. The number of fused-ring (bicyclic) bond motifs is 1. The van der Waals surface area contributed by atoms with Crippen molar-refractivity contribution in [2.75, 3.05) is 11.9 Å². The highest BCUT2D eigenvalue weighted by atomic mass is 32.2. The Labute approximate surface area is 187 Å². The summed E-state index contributed by atoms with van der Waals surface area (Å²) in [7, 11) is -3.59. The first-order valence-electron chi connectivity index (χ1n) is 10.7. The van der Waals surface area contributed by atoms with Crippen LogP contribution in [0, 0.1) is 13.8 Å². The Hall–Kier alpha value is -2.97. The minimum atomic E-state index is -3.59. The average molecular weight is 455 g/mol. The summed E-state index contributed by atoms with van der Waals surface area (Å²) in [5.41, 5.74) is 2.26. The largest absolute Gasteiger partial charge is 0.450 e. The summed E-state index contributed by atoms with van der Waals surface area (Å²) >= 11 is 0. The Morgan fingerprint density at radius 1 is 1.09 bits per heavy atom. The van der Waals surface area contributed by atoms with Crippen LogP contribution in [0.1, 0.15) is 47.9 Å². The maximum absolute atomic E-state index is 13.0.